The molecule has 1 aliphatic heterocycles. The standard InChI is InChI=1S/C12H12BrNO3/c1-17-9-2-3-10(13)8(6-9)7-14-11(15)4-5-12(14)16/h2-3,6H,4-5,7H2,1H3. The van der Waals surface area contributed by atoms with Gasteiger partial charge in [-0.2, -0.15) is 0 Å². The van der Waals surface area contributed by atoms with Crippen LogP contribution in [0.4, 0.5) is 0 Å². The topological polar surface area (TPSA) is 46.6 Å². The van der Waals surface area contributed by atoms with Crippen LogP contribution < -0.4 is 4.74 Å². The Balaban J connectivity index is 2.23. The Labute approximate surface area is 108 Å². The summed E-state index contributed by atoms with van der Waals surface area (Å²) in [5.74, 6) is 0.497. The van der Waals surface area contributed by atoms with Gasteiger partial charge in [0.25, 0.3) is 0 Å². The first-order valence-electron chi connectivity index (χ1n) is 5.27. The third kappa shape index (κ3) is 2.49. The molecule has 0 bridgehead atoms. The van der Waals surface area contributed by atoms with Crippen molar-refractivity contribution in [1.82, 2.24) is 4.90 Å². The minimum atomic E-state index is -0.107. The van der Waals surface area contributed by atoms with Gasteiger partial charge >= 0.3 is 0 Å². The molecule has 0 radical (unpaired) electrons. The Kier molecular flexibility index (Phi) is 3.47. The Hall–Kier alpha value is -1.36. The molecule has 17 heavy (non-hydrogen) atoms. The molecule has 1 aliphatic rings. The SMILES string of the molecule is COc1ccc(Br)c(CN2C(=O)CCC2=O)c1. The summed E-state index contributed by atoms with van der Waals surface area (Å²) < 4.78 is 5.99. The van der Waals surface area contributed by atoms with Crippen molar-refractivity contribution < 1.29 is 14.3 Å². The van der Waals surface area contributed by atoms with Crippen LogP contribution in [-0.2, 0) is 16.1 Å². The highest BCUT2D eigenvalue weighted by Crippen LogP contribution is 2.25. The van der Waals surface area contributed by atoms with Gasteiger partial charge < -0.3 is 4.74 Å². The fraction of sp³-hybridized carbons (Fsp3) is 0.333. The lowest BCUT2D eigenvalue weighted by atomic mass is 10.2. The average molecular weight is 298 g/mol. The molecule has 5 heteroatoms. The second-order valence-electron chi connectivity index (χ2n) is 3.83. The van der Waals surface area contributed by atoms with Crippen molar-refractivity contribution >= 4 is 27.7 Å². The number of likely N-dealkylation sites (tertiary alicyclic amines) is 1. The van der Waals surface area contributed by atoms with E-state index in [0.717, 1.165) is 10.0 Å². The minimum Gasteiger partial charge on any atom is -0.497 e. The maximum Gasteiger partial charge on any atom is 0.229 e. The summed E-state index contributed by atoms with van der Waals surface area (Å²) in [6, 6.07) is 5.49. The van der Waals surface area contributed by atoms with Crippen molar-refractivity contribution in [3.05, 3.63) is 28.2 Å². The van der Waals surface area contributed by atoms with Crippen LogP contribution in [0.25, 0.3) is 0 Å². The number of benzene rings is 1. The molecule has 1 heterocycles. The maximum atomic E-state index is 11.5. The van der Waals surface area contributed by atoms with Crippen LogP contribution in [-0.4, -0.2) is 23.8 Å². The highest BCUT2D eigenvalue weighted by Gasteiger charge is 2.29. The molecule has 4 nitrogen and oxygen atoms in total. The van der Waals surface area contributed by atoms with Crippen LogP contribution in [0.3, 0.4) is 0 Å². The minimum absolute atomic E-state index is 0.107. The van der Waals surface area contributed by atoms with E-state index in [4.69, 9.17) is 4.74 Å². The predicted molar refractivity (Wildman–Crippen MR) is 65.5 cm³/mol. The van der Waals surface area contributed by atoms with E-state index in [9.17, 15) is 9.59 Å². The number of methoxy groups -OCH3 is 1. The van der Waals surface area contributed by atoms with Crippen LogP contribution in [0.15, 0.2) is 22.7 Å². The van der Waals surface area contributed by atoms with E-state index in [1.807, 2.05) is 18.2 Å². The summed E-state index contributed by atoms with van der Waals surface area (Å²) in [5.41, 5.74) is 0.868. The van der Waals surface area contributed by atoms with Gasteiger partial charge in [-0.3, -0.25) is 14.5 Å². The molecule has 2 rings (SSSR count). The molecule has 0 aromatic heterocycles. The van der Waals surface area contributed by atoms with E-state index in [2.05, 4.69) is 15.9 Å². The van der Waals surface area contributed by atoms with E-state index < -0.39 is 0 Å². The number of hydrogen-bond acceptors (Lipinski definition) is 3. The van der Waals surface area contributed by atoms with E-state index >= 15 is 0 Å². The molecule has 0 aliphatic carbocycles. The fourth-order valence-electron chi connectivity index (χ4n) is 1.77. The summed E-state index contributed by atoms with van der Waals surface area (Å²) in [6.07, 6.45) is 0.640. The normalized spacial score (nSPS) is 15.5. The van der Waals surface area contributed by atoms with Gasteiger partial charge in [-0.05, 0) is 23.8 Å². The predicted octanol–water partition coefficient (Wildman–Crippen LogP) is 2.11. The molecule has 1 aromatic rings. The first-order valence-corrected chi connectivity index (χ1v) is 6.06. The third-order valence-electron chi connectivity index (χ3n) is 2.74. The molecular formula is C12H12BrNO3. The van der Waals surface area contributed by atoms with Crippen LogP contribution >= 0.6 is 15.9 Å². The number of amides is 2. The number of carbonyl (C=O) groups excluding carboxylic acids is 2. The zero-order chi connectivity index (χ0) is 12.4. The number of nitrogens with zero attached hydrogens (tertiary/aromatic N) is 1. The van der Waals surface area contributed by atoms with Gasteiger partial charge in [0.1, 0.15) is 5.75 Å². The van der Waals surface area contributed by atoms with E-state index in [-0.39, 0.29) is 11.8 Å². The lowest BCUT2D eigenvalue weighted by Gasteiger charge is -2.15. The van der Waals surface area contributed by atoms with Crippen LogP contribution in [0, 0.1) is 0 Å². The molecule has 0 N–H and O–H groups in total. The van der Waals surface area contributed by atoms with Crippen LogP contribution in [0.1, 0.15) is 18.4 Å². The van der Waals surface area contributed by atoms with Crippen LogP contribution in [0.2, 0.25) is 0 Å². The zero-order valence-corrected chi connectivity index (χ0v) is 11.0. The summed E-state index contributed by atoms with van der Waals surface area (Å²) in [6.45, 7) is 0.301. The molecule has 0 spiro atoms. The average Bonchev–Trinajstić information content (AvgIpc) is 2.63. The maximum absolute atomic E-state index is 11.5. The van der Waals surface area contributed by atoms with E-state index in [0.29, 0.717) is 25.1 Å². The molecule has 2 amide bonds. The number of imide groups is 1. The number of carbonyl (C=O) groups is 2. The summed E-state index contributed by atoms with van der Waals surface area (Å²) in [4.78, 5) is 24.3. The number of rotatable bonds is 3. The molecular weight excluding hydrogens is 286 g/mol. The lowest BCUT2D eigenvalue weighted by molar-refractivity contribution is -0.139. The first kappa shape index (κ1) is 12.1. The molecule has 0 unspecified atom stereocenters. The highest BCUT2D eigenvalue weighted by molar-refractivity contribution is 9.10. The zero-order valence-electron chi connectivity index (χ0n) is 9.40. The largest absolute Gasteiger partial charge is 0.497 e. The van der Waals surface area contributed by atoms with Crippen molar-refractivity contribution in [3.63, 3.8) is 0 Å². The summed E-state index contributed by atoms with van der Waals surface area (Å²) >= 11 is 3.40. The second-order valence-corrected chi connectivity index (χ2v) is 4.69. The molecule has 0 atom stereocenters. The second kappa shape index (κ2) is 4.87. The van der Waals surface area contributed by atoms with Gasteiger partial charge in [0.05, 0.1) is 13.7 Å². The number of halogens is 1. The van der Waals surface area contributed by atoms with Crippen molar-refractivity contribution in [3.8, 4) is 5.75 Å². The van der Waals surface area contributed by atoms with Gasteiger partial charge in [0, 0.05) is 17.3 Å². The van der Waals surface area contributed by atoms with Crippen LogP contribution in [0.5, 0.6) is 5.75 Å². The van der Waals surface area contributed by atoms with E-state index in [1.54, 1.807) is 7.11 Å². The quantitative estimate of drug-likeness (QED) is 0.803. The van der Waals surface area contributed by atoms with Gasteiger partial charge in [0.15, 0.2) is 0 Å². The smallest absolute Gasteiger partial charge is 0.229 e. The number of hydrogen-bond donors (Lipinski definition) is 0. The summed E-state index contributed by atoms with van der Waals surface area (Å²) in [7, 11) is 1.58. The highest BCUT2D eigenvalue weighted by atomic mass is 79.9. The van der Waals surface area contributed by atoms with Crippen molar-refractivity contribution in [2.75, 3.05) is 7.11 Å². The fourth-order valence-corrected chi connectivity index (χ4v) is 2.14. The van der Waals surface area contributed by atoms with Gasteiger partial charge in [-0.1, -0.05) is 15.9 Å². The monoisotopic (exact) mass is 297 g/mol. The molecule has 1 saturated heterocycles. The van der Waals surface area contributed by atoms with E-state index in [1.165, 1.54) is 4.90 Å². The van der Waals surface area contributed by atoms with Gasteiger partial charge in [-0.15, -0.1) is 0 Å². The van der Waals surface area contributed by atoms with Gasteiger partial charge in [0.2, 0.25) is 11.8 Å². The Morgan fingerprint density at radius 1 is 1.29 bits per heavy atom. The van der Waals surface area contributed by atoms with Crippen molar-refractivity contribution in [1.29, 1.82) is 0 Å². The summed E-state index contributed by atoms with van der Waals surface area (Å²) in [5, 5.41) is 0. The molecule has 0 saturated carbocycles. The third-order valence-corrected chi connectivity index (χ3v) is 3.51. The molecule has 1 aromatic carbocycles. The molecule has 90 valence electrons. The van der Waals surface area contributed by atoms with Crippen molar-refractivity contribution in [2.24, 2.45) is 0 Å². The Bertz CT molecular complexity index is 457. The first-order chi connectivity index (χ1) is 8.11. The number of ether oxygens (including phenoxy) is 1. The molecule has 1 fully saturated rings. The lowest BCUT2D eigenvalue weighted by Crippen LogP contribution is -2.28. The Morgan fingerprint density at radius 3 is 2.53 bits per heavy atom. The van der Waals surface area contributed by atoms with Gasteiger partial charge in [-0.25, -0.2) is 0 Å². The Morgan fingerprint density at radius 2 is 1.94 bits per heavy atom. The van der Waals surface area contributed by atoms with Crippen molar-refractivity contribution in [2.45, 2.75) is 19.4 Å².